The normalized spacial score (nSPS) is 12.0. The van der Waals surface area contributed by atoms with Crippen molar-refractivity contribution in [3.8, 4) is 0 Å². The van der Waals surface area contributed by atoms with E-state index in [-0.39, 0.29) is 0 Å². The molecule has 0 fully saturated rings. The van der Waals surface area contributed by atoms with Gasteiger partial charge in [0.1, 0.15) is 0 Å². The average Bonchev–Trinajstić information content (AvgIpc) is 1.95. The van der Waals surface area contributed by atoms with Crippen molar-refractivity contribution in [3.05, 3.63) is 0 Å². The second kappa shape index (κ2) is 4.03. The molecule has 0 rings (SSSR count). The third-order valence-electron chi connectivity index (χ3n) is 2.16. The summed E-state index contributed by atoms with van der Waals surface area (Å²) in [6.07, 6.45) is 0. The second-order valence-corrected chi connectivity index (χ2v) is 6.87. The van der Waals surface area contributed by atoms with Crippen molar-refractivity contribution < 1.29 is 0 Å². The van der Waals surface area contributed by atoms with E-state index in [0.717, 1.165) is 0 Å². The minimum atomic E-state index is -1.19. The van der Waals surface area contributed by atoms with Crippen LogP contribution in [0, 0.1) is 0 Å². The third-order valence-corrected chi connectivity index (χ3v) is 6.49. The number of hydrogen-bond donors (Lipinski definition) is 2. The van der Waals surface area contributed by atoms with Crippen molar-refractivity contribution in [2.45, 2.75) is 25.9 Å². The van der Waals surface area contributed by atoms with Gasteiger partial charge in [0.2, 0.25) is 0 Å². The van der Waals surface area contributed by atoms with Gasteiger partial charge in [0.15, 0.2) is 8.40 Å². The molecule has 0 saturated carbocycles. The summed E-state index contributed by atoms with van der Waals surface area (Å²) in [5.41, 5.74) is 0. The Morgan fingerprint density at radius 3 is 1.33 bits per heavy atom. The summed E-state index contributed by atoms with van der Waals surface area (Å²) in [5.74, 6) is 0. The highest BCUT2D eigenvalue weighted by atomic mass is 28.3. The lowest BCUT2D eigenvalue weighted by molar-refractivity contribution is 0.950. The van der Waals surface area contributed by atoms with E-state index < -0.39 is 8.40 Å². The molecule has 2 nitrogen and oxygen atoms in total. The first-order valence-electron chi connectivity index (χ1n) is 3.62. The van der Waals surface area contributed by atoms with Crippen LogP contribution in [0.5, 0.6) is 0 Å². The first kappa shape index (κ1) is 9.14. The van der Waals surface area contributed by atoms with E-state index in [1.165, 1.54) is 12.1 Å². The van der Waals surface area contributed by atoms with Crippen LogP contribution in [-0.4, -0.2) is 22.5 Å². The third kappa shape index (κ3) is 2.08. The molecular formula is C6H18N2Si. The highest BCUT2D eigenvalue weighted by molar-refractivity contribution is 6.74. The maximum Gasteiger partial charge on any atom is 0.200 e. The van der Waals surface area contributed by atoms with Crippen LogP contribution >= 0.6 is 0 Å². The molecule has 2 N–H and O–H groups in total. The van der Waals surface area contributed by atoms with Gasteiger partial charge in [0.05, 0.1) is 0 Å². The van der Waals surface area contributed by atoms with Crippen LogP contribution in [0.4, 0.5) is 0 Å². The molecule has 9 heavy (non-hydrogen) atoms. The summed E-state index contributed by atoms with van der Waals surface area (Å²) in [5, 5.41) is 0. The van der Waals surface area contributed by atoms with Gasteiger partial charge in [0, 0.05) is 0 Å². The smallest absolute Gasteiger partial charge is 0.200 e. The van der Waals surface area contributed by atoms with Crippen molar-refractivity contribution >= 4 is 8.40 Å². The molecule has 0 atom stereocenters. The summed E-state index contributed by atoms with van der Waals surface area (Å²) in [4.78, 5) is 6.78. The molecule has 3 heteroatoms. The Kier molecular flexibility index (Phi) is 4.09. The first-order valence-corrected chi connectivity index (χ1v) is 6.04. The maximum atomic E-state index is 3.39. The van der Waals surface area contributed by atoms with E-state index in [0.29, 0.717) is 0 Å². The Morgan fingerprint density at radius 1 is 1.00 bits per heavy atom. The minimum Gasteiger partial charge on any atom is -0.328 e. The molecule has 0 aromatic rings. The van der Waals surface area contributed by atoms with Crippen LogP contribution in [0.3, 0.4) is 0 Å². The monoisotopic (exact) mass is 146 g/mol. The highest BCUT2D eigenvalue weighted by Crippen LogP contribution is 2.04. The summed E-state index contributed by atoms with van der Waals surface area (Å²) in [6, 6.07) is 2.52. The lowest BCUT2D eigenvalue weighted by atomic mass is 10.9. The van der Waals surface area contributed by atoms with Crippen molar-refractivity contribution in [1.29, 1.82) is 0 Å². The zero-order chi connectivity index (χ0) is 7.33. The molecule has 0 bridgehead atoms. The SMILES string of the molecule is CC[Si](CC)(NC)NC. The Bertz CT molecular complexity index is 53.9. The average molecular weight is 146 g/mol. The van der Waals surface area contributed by atoms with Gasteiger partial charge < -0.3 is 9.96 Å². The number of rotatable bonds is 4. The molecule has 56 valence electrons. The number of hydrogen-bond acceptors (Lipinski definition) is 2. The Labute approximate surface area is 59.2 Å². The Hall–Kier alpha value is 0.137. The molecule has 0 spiro atoms. The topological polar surface area (TPSA) is 24.1 Å². The van der Waals surface area contributed by atoms with Gasteiger partial charge in [0.25, 0.3) is 0 Å². The molecule has 0 aliphatic carbocycles. The molecular weight excluding hydrogens is 128 g/mol. The zero-order valence-corrected chi connectivity index (χ0v) is 7.91. The van der Waals surface area contributed by atoms with E-state index in [1.807, 2.05) is 0 Å². The quantitative estimate of drug-likeness (QED) is 0.576. The molecule has 0 radical (unpaired) electrons. The maximum absolute atomic E-state index is 3.39. The molecule has 0 aliphatic rings. The molecule has 0 saturated heterocycles. The minimum absolute atomic E-state index is 1.19. The van der Waals surface area contributed by atoms with E-state index in [4.69, 9.17) is 0 Å². The molecule has 0 aromatic heterocycles. The van der Waals surface area contributed by atoms with E-state index in [9.17, 15) is 0 Å². The molecule has 0 aromatic carbocycles. The van der Waals surface area contributed by atoms with Crippen molar-refractivity contribution in [3.63, 3.8) is 0 Å². The summed E-state index contributed by atoms with van der Waals surface area (Å²) >= 11 is 0. The van der Waals surface area contributed by atoms with Gasteiger partial charge in [-0.15, -0.1) is 0 Å². The Morgan fingerprint density at radius 2 is 1.33 bits per heavy atom. The summed E-state index contributed by atoms with van der Waals surface area (Å²) < 4.78 is 0. The second-order valence-electron chi connectivity index (χ2n) is 2.29. The lowest BCUT2D eigenvalue weighted by Crippen LogP contribution is -2.58. The number of nitrogens with one attached hydrogen (secondary N) is 2. The highest BCUT2D eigenvalue weighted by Gasteiger charge is 2.24. The van der Waals surface area contributed by atoms with E-state index >= 15 is 0 Å². The lowest BCUT2D eigenvalue weighted by Gasteiger charge is -2.26. The van der Waals surface area contributed by atoms with Crippen LogP contribution in [0.1, 0.15) is 13.8 Å². The van der Waals surface area contributed by atoms with Gasteiger partial charge in [-0.3, -0.25) is 0 Å². The van der Waals surface area contributed by atoms with Crippen molar-refractivity contribution in [1.82, 2.24) is 9.96 Å². The van der Waals surface area contributed by atoms with Crippen molar-refractivity contribution in [2.75, 3.05) is 14.1 Å². The van der Waals surface area contributed by atoms with Gasteiger partial charge in [-0.25, -0.2) is 0 Å². The summed E-state index contributed by atoms with van der Waals surface area (Å²) in [6.45, 7) is 4.48. The predicted molar refractivity (Wildman–Crippen MR) is 44.8 cm³/mol. The standard InChI is InChI=1S/C6H18N2Si/c1-5-9(6-2,7-3)8-4/h7-8H,5-6H2,1-4H3. The van der Waals surface area contributed by atoms with Gasteiger partial charge in [-0.2, -0.15) is 0 Å². The molecule has 0 aliphatic heterocycles. The Balaban J connectivity index is 3.82. The van der Waals surface area contributed by atoms with Gasteiger partial charge >= 0.3 is 0 Å². The largest absolute Gasteiger partial charge is 0.328 e. The summed E-state index contributed by atoms with van der Waals surface area (Å²) in [7, 11) is 2.91. The fourth-order valence-corrected chi connectivity index (χ4v) is 3.25. The van der Waals surface area contributed by atoms with E-state index in [1.54, 1.807) is 0 Å². The zero-order valence-electron chi connectivity index (χ0n) is 6.91. The predicted octanol–water partition coefficient (Wildman–Crippen LogP) is 0.907. The van der Waals surface area contributed by atoms with Gasteiger partial charge in [-0.1, -0.05) is 13.8 Å². The van der Waals surface area contributed by atoms with Crippen LogP contribution in [-0.2, 0) is 0 Å². The van der Waals surface area contributed by atoms with Crippen molar-refractivity contribution in [2.24, 2.45) is 0 Å². The molecule has 0 amide bonds. The van der Waals surface area contributed by atoms with Crippen LogP contribution in [0.2, 0.25) is 12.1 Å². The first-order chi connectivity index (χ1) is 4.24. The van der Waals surface area contributed by atoms with Crippen LogP contribution in [0.25, 0.3) is 0 Å². The van der Waals surface area contributed by atoms with Gasteiger partial charge in [-0.05, 0) is 26.2 Å². The molecule has 0 heterocycles. The van der Waals surface area contributed by atoms with E-state index in [2.05, 4.69) is 37.9 Å². The van der Waals surface area contributed by atoms with Crippen LogP contribution in [0.15, 0.2) is 0 Å². The fraction of sp³-hybridized carbons (Fsp3) is 1.00. The fourth-order valence-electron chi connectivity index (χ4n) is 1.08. The molecule has 0 unspecified atom stereocenters. The van der Waals surface area contributed by atoms with Crippen LogP contribution < -0.4 is 9.96 Å².